The highest BCUT2D eigenvalue weighted by Crippen LogP contribution is 2.27. The molecule has 0 aliphatic carbocycles. The Hall–Kier alpha value is -1.84. The summed E-state index contributed by atoms with van der Waals surface area (Å²) in [5.74, 6) is 1.45. The largest absolute Gasteiger partial charge is 0.475 e. The maximum atomic E-state index is 5.80. The van der Waals surface area contributed by atoms with Gasteiger partial charge in [-0.25, -0.2) is 9.98 Å². The summed E-state index contributed by atoms with van der Waals surface area (Å²) >= 11 is 0. The Morgan fingerprint density at radius 2 is 1.18 bits per heavy atom. The molecule has 0 amide bonds. The zero-order valence-corrected chi connectivity index (χ0v) is 14.3. The summed E-state index contributed by atoms with van der Waals surface area (Å²) in [5.41, 5.74) is 4.07. The predicted octanol–water partition coefficient (Wildman–Crippen LogP) is 3.41. The van der Waals surface area contributed by atoms with Gasteiger partial charge in [-0.05, 0) is 58.7 Å². The van der Waals surface area contributed by atoms with Gasteiger partial charge < -0.3 is 9.47 Å². The topological polar surface area (TPSA) is 43.2 Å². The minimum atomic E-state index is -0.157. The van der Waals surface area contributed by atoms with E-state index in [2.05, 4.69) is 53.7 Å². The molecule has 0 saturated heterocycles. The van der Waals surface area contributed by atoms with Crippen molar-refractivity contribution < 1.29 is 9.47 Å². The summed E-state index contributed by atoms with van der Waals surface area (Å²) in [6.07, 6.45) is 0. The van der Waals surface area contributed by atoms with Crippen molar-refractivity contribution in [2.24, 2.45) is 9.98 Å². The smallest absolute Gasteiger partial charge is 0.217 e. The summed E-state index contributed by atoms with van der Waals surface area (Å²) in [7, 11) is 0. The Morgan fingerprint density at radius 3 is 1.50 bits per heavy atom. The highest BCUT2D eigenvalue weighted by Gasteiger charge is 2.30. The number of hydrogen-bond donors (Lipinski definition) is 0. The van der Waals surface area contributed by atoms with E-state index in [0.29, 0.717) is 13.2 Å². The third-order valence-electron chi connectivity index (χ3n) is 3.96. The van der Waals surface area contributed by atoms with Gasteiger partial charge in [0, 0.05) is 11.1 Å². The van der Waals surface area contributed by atoms with Crippen molar-refractivity contribution in [3.05, 3.63) is 34.4 Å². The molecule has 0 N–H and O–H groups in total. The molecule has 0 fully saturated rings. The molecule has 0 saturated carbocycles. The molecule has 4 nitrogen and oxygen atoms in total. The van der Waals surface area contributed by atoms with Crippen LogP contribution in [0.2, 0.25) is 0 Å². The lowest BCUT2D eigenvalue weighted by atomic mass is 9.99. The minimum absolute atomic E-state index is 0.157. The van der Waals surface area contributed by atoms with E-state index in [1.165, 1.54) is 0 Å². The second-order valence-electron chi connectivity index (χ2n) is 7.52. The van der Waals surface area contributed by atoms with Crippen LogP contribution in [-0.4, -0.2) is 36.1 Å². The van der Waals surface area contributed by atoms with Crippen LogP contribution in [-0.2, 0) is 9.47 Å². The fourth-order valence-corrected chi connectivity index (χ4v) is 2.76. The van der Waals surface area contributed by atoms with Crippen LogP contribution < -0.4 is 0 Å². The molecule has 0 unspecified atom stereocenters. The van der Waals surface area contributed by atoms with E-state index in [9.17, 15) is 0 Å². The van der Waals surface area contributed by atoms with Gasteiger partial charge in [0.2, 0.25) is 11.8 Å². The Labute approximate surface area is 132 Å². The average Bonchev–Trinajstić information content (AvgIpc) is 2.92. The Bertz CT molecular complexity index is 629. The number of ether oxygens (including phenoxy) is 2. The van der Waals surface area contributed by atoms with Crippen LogP contribution in [0.15, 0.2) is 22.1 Å². The van der Waals surface area contributed by atoms with Gasteiger partial charge in [-0.3, -0.25) is 0 Å². The van der Waals surface area contributed by atoms with Gasteiger partial charge >= 0.3 is 0 Å². The average molecular weight is 300 g/mol. The lowest BCUT2D eigenvalue weighted by Crippen LogP contribution is -2.17. The summed E-state index contributed by atoms with van der Waals surface area (Å²) in [5, 5.41) is 0. The molecule has 1 aromatic rings. The Morgan fingerprint density at radius 1 is 0.773 bits per heavy atom. The molecule has 1 aromatic carbocycles. The second-order valence-corrected chi connectivity index (χ2v) is 7.52. The van der Waals surface area contributed by atoms with E-state index in [0.717, 1.165) is 34.0 Å². The third-order valence-corrected chi connectivity index (χ3v) is 3.96. The quantitative estimate of drug-likeness (QED) is 0.840. The first-order valence-corrected chi connectivity index (χ1v) is 7.74. The van der Waals surface area contributed by atoms with Crippen molar-refractivity contribution >= 4 is 11.8 Å². The Kier molecular flexibility index (Phi) is 3.31. The SMILES string of the molecule is Cc1cc(C)c(C2=NC(C)(C)CO2)cc1C1=NC(C)(C)CO1. The van der Waals surface area contributed by atoms with Gasteiger partial charge in [-0.1, -0.05) is 6.07 Å². The van der Waals surface area contributed by atoms with Gasteiger partial charge in [0.25, 0.3) is 0 Å². The molecule has 0 aromatic heterocycles. The van der Waals surface area contributed by atoms with Crippen molar-refractivity contribution in [2.45, 2.75) is 52.6 Å². The van der Waals surface area contributed by atoms with E-state index < -0.39 is 0 Å². The van der Waals surface area contributed by atoms with E-state index in [4.69, 9.17) is 19.5 Å². The maximum absolute atomic E-state index is 5.80. The summed E-state index contributed by atoms with van der Waals surface area (Å²) < 4.78 is 11.6. The summed E-state index contributed by atoms with van der Waals surface area (Å²) in [4.78, 5) is 9.38. The predicted molar refractivity (Wildman–Crippen MR) is 89.1 cm³/mol. The van der Waals surface area contributed by atoms with Crippen molar-refractivity contribution in [2.75, 3.05) is 13.2 Å². The van der Waals surface area contributed by atoms with Gasteiger partial charge in [0.05, 0.1) is 11.1 Å². The molecule has 4 heteroatoms. The van der Waals surface area contributed by atoms with Crippen molar-refractivity contribution in [3.8, 4) is 0 Å². The second kappa shape index (κ2) is 4.83. The molecule has 0 atom stereocenters. The van der Waals surface area contributed by atoms with E-state index in [-0.39, 0.29) is 11.1 Å². The number of benzene rings is 1. The van der Waals surface area contributed by atoms with Gasteiger partial charge in [-0.2, -0.15) is 0 Å². The molecule has 2 heterocycles. The van der Waals surface area contributed by atoms with Gasteiger partial charge in [-0.15, -0.1) is 0 Å². The molecule has 118 valence electrons. The molecule has 22 heavy (non-hydrogen) atoms. The first kappa shape index (κ1) is 15.1. The van der Waals surface area contributed by atoms with Crippen LogP contribution in [0.5, 0.6) is 0 Å². The molecule has 0 radical (unpaired) electrons. The molecule has 3 rings (SSSR count). The lowest BCUT2D eigenvalue weighted by Gasteiger charge is -2.12. The zero-order valence-electron chi connectivity index (χ0n) is 14.3. The maximum Gasteiger partial charge on any atom is 0.217 e. The first-order valence-electron chi connectivity index (χ1n) is 7.74. The number of hydrogen-bond acceptors (Lipinski definition) is 4. The first-order chi connectivity index (χ1) is 10.2. The highest BCUT2D eigenvalue weighted by atomic mass is 16.5. The standard InChI is InChI=1S/C18H24N2O2/c1-11-7-12(2)14(16-20-18(5,6)10-22-16)8-13(11)15-19-17(3,4)9-21-15/h7-8H,9-10H2,1-6H3. The Balaban J connectivity index is 2.06. The number of aliphatic imine (C=N–C) groups is 2. The van der Waals surface area contributed by atoms with Crippen LogP contribution in [0, 0.1) is 13.8 Å². The fourth-order valence-electron chi connectivity index (χ4n) is 2.76. The van der Waals surface area contributed by atoms with Crippen LogP contribution in [0.1, 0.15) is 49.9 Å². The van der Waals surface area contributed by atoms with E-state index in [1.807, 2.05) is 0 Å². The van der Waals surface area contributed by atoms with Gasteiger partial charge in [0.1, 0.15) is 13.2 Å². The van der Waals surface area contributed by atoms with Gasteiger partial charge in [0.15, 0.2) is 0 Å². The lowest BCUT2D eigenvalue weighted by molar-refractivity contribution is 0.278. The number of rotatable bonds is 2. The zero-order chi connectivity index (χ0) is 16.1. The molecule has 2 aliphatic rings. The molecular formula is C18H24N2O2. The molecular weight excluding hydrogens is 276 g/mol. The highest BCUT2D eigenvalue weighted by molar-refractivity contribution is 6.02. The molecule has 0 bridgehead atoms. The monoisotopic (exact) mass is 300 g/mol. The van der Waals surface area contributed by atoms with Crippen molar-refractivity contribution in [1.29, 1.82) is 0 Å². The van der Waals surface area contributed by atoms with E-state index >= 15 is 0 Å². The van der Waals surface area contributed by atoms with E-state index in [1.54, 1.807) is 0 Å². The summed E-state index contributed by atoms with van der Waals surface area (Å²) in [6.45, 7) is 13.7. The van der Waals surface area contributed by atoms with Crippen LogP contribution in [0.4, 0.5) is 0 Å². The van der Waals surface area contributed by atoms with Crippen molar-refractivity contribution in [3.63, 3.8) is 0 Å². The van der Waals surface area contributed by atoms with Crippen LogP contribution in [0.3, 0.4) is 0 Å². The van der Waals surface area contributed by atoms with Crippen LogP contribution >= 0.6 is 0 Å². The number of nitrogens with zero attached hydrogens (tertiary/aromatic N) is 2. The summed E-state index contributed by atoms with van der Waals surface area (Å²) in [6, 6.07) is 4.25. The van der Waals surface area contributed by atoms with Crippen molar-refractivity contribution in [1.82, 2.24) is 0 Å². The number of aryl methyl sites for hydroxylation is 2. The minimum Gasteiger partial charge on any atom is -0.475 e. The van der Waals surface area contributed by atoms with Crippen LogP contribution in [0.25, 0.3) is 0 Å². The third kappa shape index (κ3) is 2.74. The normalized spacial score (nSPS) is 21.9. The molecule has 0 spiro atoms. The fraction of sp³-hybridized carbons (Fsp3) is 0.556. The molecule has 2 aliphatic heterocycles.